The Morgan fingerprint density at radius 1 is 1.17 bits per heavy atom. The highest BCUT2D eigenvalue weighted by molar-refractivity contribution is 14.0. The molecule has 7 nitrogen and oxygen atoms in total. The zero-order chi connectivity index (χ0) is 21.4. The molecule has 174 valence electrons. The molecule has 0 aromatic rings. The summed E-state index contributed by atoms with van der Waals surface area (Å²) in [6, 6.07) is -0.159. The van der Waals surface area contributed by atoms with Gasteiger partial charge in [-0.1, -0.05) is 13.8 Å². The third-order valence-electron chi connectivity index (χ3n) is 5.49. The highest BCUT2D eigenvalue weighted by Gasteiger charge is 2.50. The van der Waals surface area contributed by atoms with E-state index in [2.05, 4.69) is 29.5 Å². The fourth-order valence-electron chi connectivity index (χ4n) is 3.29. The molecule has 0 aromatic carbocycles. The van der Waals surface area contributed by atoms with Gasteiger partial charge in [-0.2, -0.15) is 17.5 Å². The molecule has 1 fully saturated rings. The number of rotatable bonds is 9. The van der Waals surface area contributed by atoms with Crippen LogP contribution in [0.4, 0.5) is 13.2 Å². The van der Waals surface area contributed by atoms with E-state index in [0.29, 0.717) is 29.8 Å². The van der Waals surface area contributed by atoms with E-state index in [1.807, 2.05) is 6.92 Å². The van der Waals surface area contributed by atoms with Gasteiger partial charge in [-0.05, 0) is 44.4 Å². The third-order valence-corrected chi connectivity index (χ3v) is 7.12. The number of nitrogens with one attached hydrogen (secondary N) is 2. The summed E-state index contributed by atoms with van der Waals surface area (Å²) in [6.07, 6.45) is 2.93. The lowest BCUT2D eigenvalue weighted by Crippen LogP contribution is -2.51. The first-order valence-electron chi connectivity index (χ1n) is 9.77. The van der Waals surface area contributed by atoms with Gasteiger partial charge in [-0.3, -0.25) is 4.99 Å². The average Bonchev–Trinajstić information content (AvgIpc) is 2.65. The fraction of sp³-hybridized carbons (Fsp3) is 0.941. The van der Waals surface area contributed by atoms with Crippen LogP contribution in [0.3, 0.4) is 0 Å². The molecule has 0 saturated carbocycles. The Morgan fingerprint density at radius 3 is 2.14 bits per heavy atom. The molecule has 1 rings (SSSR count). The second kappa shape index (κ2) is 12.5. The molecule has 0 atom stereocenters. The minimum Gasteiger partial charge on any atom is -0.396 e. The van der Waals surface area contributed by atoms with E-state index in [1.54, 1.807) is 0 Å². The largest absolute Gasteiger partial charge is 0.511 e. The number of nitrogens with zero attached hydrogens (tertiary/aromatic N) is 2. The molecule has 1 aliphatic rings. The Morgan fingerprint density at radius 2 is 1.72 bits per heavy atom. The summed E-state index contributed by atoms with van der Waals surface area (Å²) in [4.78, 5) is 4.62. The van der Waals surface area contributed by atoms with Crippen molar-refractivity contribution in [3.8, 4) is 0 Å². The van der Waals surface area contributed by atoms with E-state index in [-0.39, 0.29) is 68.0 Å². The lowest BCUT2D eigenvalue weighted by atomic mass is 9.79. The minimum atomic E-state index is -5.27. The molecule has 0 bridgehead atoms. The smallest absolute Gasteiger partial charge is 0.396 e. The molecule has 0 radical (unpaired) electrons. The van der Waals surface area contributed by atoms with Gasteiger partial charge in [-0.25, -0.2) is 8.42 Å². The van der Waals surface area contributed by atoms with Crippen molar-refractivity contribution in [1.29, 1.82) is 0 Å². The topological polar surface area (TPSA) is 94.0 Å². The van der Waals surface area contributed by atoms with Crippen LogP contribution >= 0.6 is 24.0 Å². The zero-order valence-corrected chi connectivity index (χ0v) is 20.4. The molecular weight excluding hydrogens is 524 g/mol. The maximum Gasteiger partial charge on any atom is 0.511 e. The first-order valence-corrected chi connectivity index (χ1v) is 11.2. The number of alkyl halides is 3. The molecule has 0 spiro atoms. The van der Waals surface area contributed by atoms with Gasteiger partial charge in [-0.15, -0.1) is 24.0 Å². The molecule has 12 heteroatoms. The van der Waals surface area contributed by atoms with E-state index in [9.17, 15) is 26.7 Å². The first kappa shape index (κ1) is 28.7. The SMILES string of the molecule is CCNC(=NCC(CC)(CC)CCO)NC1CCN(S(=O)(=O)C(F)(F)F)CC1.I. The predicted octanol–water partition coefficient (Wildman–Crippen LogP) is 2.66. The van der Waals surface area contributed by atoms with Crippen molar-refractivity contribution in [2.75, 3.05) is 32.8 Å². The molecule has 0 unspecified atom stereocenters. The van der Waals surface area contributed by atoms with Gasteiger partial charge in [0.25, 0.3) is 0 Å². The summed E-state index contributed by atoms with van der Waals surface area (Å²) >= 11 is 0. The van der Waals surface area contributed by atoms with Gasteiger partial charge in [0, 0.05) is 38.8 Å². The normalized spacial score (nSPS) is 17.7. The quantitative estimate of drug-likeness (QED) is 0.230. The van der Waals surface area contributed by atoms with Gasteiger partial charge in [0.2, 0.25) is 0 Å². The molecule has 1 saturated heterocycles. The van der Waals surface area contributed by atoms with Crippen molar-refractivity contribution in [3.63, 3.8) is 0 Å². The average molecular weight is 558 g/mol. The molecule has 0 amide bonds. The Balaban J connectivity index is 0.00000784. The summed E-state index contributed by atoms with van der Waals surface area (Å²) < 4.78 is 61.5. The van der Waals surface area contributed by atoms with Gasteiger partial charge in [0.15, 0.2) is 5.96 Å². The van der Waals surface area contributed by atoms with Crippen molar-refractivity contribution in [3.05, 3.63) is 0 Å². The molecule has 3 N–H and O–H groups in total. The van der Waals surface area contributed by atoms with E-state index in [0.717, 1.165) is 12.8 Å². The van der Waals surface area contributed by atoms with Crippen molar-refractivity contribution in [2.24, 2.45) is 10.4 Å². The number of hydrogen-bond acceptors (Lipinski definition) is 4. The van der Waals surface area contributed by atoms with Gasteiger partial charge in [0.05, 0.1) is 0 Å². The third kappa shape index (κ3) is 8.02. The first-order chi connectivity index (χ1) is 13.0. The standard InChI is InChI=1S/C17H33F3N4O3S.HI/c1-4-16(5-2,9-12-25)13-22-15(21-6-3)23-14-7-10-24(11-8-14)28(26,27)17(18,19)20;/h14,25H,4-13H2,1-3H3,(H2,21,22,23);1H. The molecule has 0 aromatic heterocycles. The molecule has 1 heterocycles. The number of guanidine groups is 1. The van der Waals surface area contributed by atoms with Crippen LogP contribution in [0.25, 0.3) is 0 Å². The van der Waals surface area contributed by atoms with Crippen molar-refractivity contribution in [1.82, 2.24) is 14.9 Å². The number of hydrogen-bond donors (Lipinski definition) is 3. The molecule has 1 aliphatic heterocycles. The van der Waals surface area contributed by atoms with Crippen molar-refractivity contribution >= 4 is 40.0 Å². The maximum atomic E-state index is 12.7. The molecular formula is C17H34F3IN4O3S. The Bertz CT molecular complexity index is 606. The highest BCUT2D eigenvalue weighted by atomic mass is 127. The van der Waals surface area contributed by atoms with Crippen LogP contribution in [0.5, 0.6) is 0 Å². The number of halogens is 4. The van der Waals surface area contributed by atoms with Gasteiger partial charge >= 0.3 is 15.5 Å². The van der Waals surface area contributed by atoms with Crippen LogP contribution in [0.2, 0.25) is 0 Å². The summed E-state index contributed by atoms with van der Waals surface area (Å²) in [5, 5.41) is 15.7. The maximum absolute atomic E-state index is 12.7. The predicted molar refractivity (Wildman–Crippen MR) is 119 cm³/mol. The van der Waals surface area contributed by atoms with Crippen LogP contribution in [-0.2, 0) is 10.0 Å². The summed E-state index contributed by atoms with van der Waals surface area (Å²) in [5.41, 5.74) is -5.36. The highest BCUT2D eigenvalue weighted by Crippen LogP contribution is 2.31. The van der Waals surface area contributed by atoms with Crippen molar-refractivity contribution in [2.45, 2.75) is 64.4 Å². The zero-order valence-electron chi connectivity index (χ0n) is 17.3. The Hall–Kier alpha value is -0.340. The van der Waals surface area contributed by atoms with Crippen LogP contribution in [-0.4, -0.2) is 68.1 Å². The van der Waals surface area contributed by atoms with Crippen molar-refractivity contribution < 1.29 is 26.7 Å². The second-order valence-electron chi connectivity index (χ2n) is 7.14. The number of aliphatic hydroxyl groups is 1. The van der Waals surface area contributed by atoms with Gasteiger partial charge in [0.1, 0.15) is 0 Å². The van der Waals surface area contributed by atoms with E-state index >= 15 is 0 Å². The van der Waals surface area contributed by atoms with Crippen LogP contribution in [0.15, 0.2) is 4.99 Å². The van der Waals surface area contributed by atoms with E-state index in [1.165, 1.54) is 0 Å². The lowest BCUT2D eigenvalue weighted by molar-refractivity contribution is -0.0494. The van der Waals surface area contributed by atoms with Crippen LogP contribution < -0.4 is 10.6 Å². The number of sulfonamides is 1. The Kier molecular flexibility index (Phi) is 12.4. The summed E-state index contributed by atoms with van der Waals surface area (Å²) in [7, 11) is -5.27. The number of aliphatic imine (C=N–C) groups is 1. The monoisotopic (exact) mass is 558 g/mol. The fourth-order valence-corrected chi connectivity index (χ4v) is 4.27. The lowest BCUT2D eigenvalue weighted by Gasteiger charge is -2.33. The number of piperidine rings is 1. The van der Waals surface area contributed by atoms with E-state index < -0.39 is 15.5 Å². The van der Waals surface area contributed by atoms with Crippen LogP contribution in [0, 0.1) is 5.41 Å². The second-order valence-corrected chi connectivity index (χ2v) is 9.07. The molecule has 29 heavy (non-hydrogen) atoms. The Labute approximate surface area is 189 Å². The summed E-state index contributed by atoms with van der Waals surface area (Å²) in [6.45, 7) is 6.91. The van der Waals surface area contributed by atoms with E-state index in [4.69, 9.17) is 0 Å². The summed E-state index contributed by atoms with van der Waals surface area (Å²) in [5.74, 6) is 0.559. The number of aliphatic hydroxyl groups excluding tert-OH is 1. The van der Waals surface area contributed by atoms with Crippen LogP contribution in [0.1, 0.15) is 52.9 Å². The van der Waals surface area contributed by atoms with Gasteiger partial charge < -0.3 is 15.7 Å². The molecule has 0 aliphatic carbocycles. The minimum absolute atomic E-state index is 0.